The molecule has 6 nitrogen and oxygen atoms in total. The molecule has 0 saturated carbocycles. The van der Waals surface area contributed by atoms with Crippen LogP contribution in [0.1, 0.15) is 50.7 Å². The van der Waals surface area contributed by atoms with Gasteiger partial charge in [0.2, 0.25) is 0 Å². The molecule has 324 valence electrons. The van der Waals surface area contributed by atoms with Gasteiger partial charge in [-0.05, 0) is 98.2 Å². The van der Waals surface area contributed by atoms with Gasteiger partial charge in [-0.15, -0.1) is 34.8 Å². The monoisotopic (exact) mass is 1040 g/mol. The zero-order valence-corrected chi connectivity index (χ0v) is 39.6. The molecular weight excluding hydrogens is 1000 g/mol. The Morgan fingerprint density at radius 1 is 0.552 bits per heavy atom. The first kappa shape index (κ1) is 40.9. The zero-order chi connectivity index (χ0) is 44.2. The van der Waals surface area contributed by atoms with E-state index in [-0.39, 0.29) is 21.1 Å². The molecular formula is C60H43N5OPt. The van der Waals surface area contributed by atoms with Gasteiger partial charge in [-0.3, -0.25) is 4.57 Å². The van der Waals surface area contributed by atoms with Crippen LogP contribution in [0.2, 0.25) is 0 Å². The van der Waals surface area contributed by atoms with Gasteiger partial charge in [0.25, 0.3) is 0 Å². The zero-order valence-electron chi connectivity index (χ0n) is 37.4. The van der Waals surface area contributed by atoms with Gasteiger partial charge in [-0.25, -0.2) is 9.97 Å². The molecule has 5 aromatic heterocycles. The molecule has 0 aliphatic heterocycles. The van der Waals surface area contributed by atoms with Crippen LogP contribution >= 0.6 is 0 Å². The SMILES string of the molecule is CC(C)c1cccc(C(C)C)c1-c1ccc(-n2c(-c3cccc4c3[n-]c3ccccc34)nc3c(-c4[c-]c5c(cc4)c4cc6c(cc4n5-c4ccccn4)oc4ccccc46)cccc32)cc1.[Pt+2]. The molecule has 0 radical (unpaired) electrons. The van der Waals surface area contributed by atoms with Gasteiger partial charge in [0.1, 0.15) is 22.8 Å². The Morgan fingerprint density at radius 3 is 2.06 bits per heavy atom. The van der Waals surface area contributed by atoms with E-state index in [1.165, 1.54) is 22.3 Å². The number of benzene rings is 8. The van der Waals surface area contributed by atoms with E-state index in [0.29, 0.717) is 11.8 Å². The van der Waals surface area contributed by atoms with E-state index < -0.39 is 0 Å². The maximum atomic E-state index is 6.42. The fraction of sp³-hybridized carbons (Fsp3) is 0.100. The van der Waals surface area contributed by atoms with Crippen LogP contribution in [0.4, 0.5) is 0 Å². The third kappa shape index (κ3) is 6.34. The molecule has 67 heavy (non-hydrogen) atoms. The molecule has 13 rings (SSSR count). The Kier molecular flexibility index (Phi) is 9.67. The van der Waals surface area contributed by atoms with Gasteiger partial charge in [0, 0.05) is 39.8 Å². The number of aromatic nitrogens is 5. The Morgan fingerprint density at radius 2 is 1.27 bits per heavy atom. The van der Waals surface area contributed by atoms with E-state index >= 15 is 0 Å². The molecule has 7 heteroatoms. The standard InChI is InChI=1S/C60H43N5O.Pt/c1-35(2)40-16-11-17-41(36(3)4)57(40)37-25-28-39(29-26-37)64-51-22-13-18-42(59(51)63-60(64)47-20-12-19-46-43-14-5-7-21-50(43)62-58(46)47)38-27-30-44-48-33-49-45-15-6-8-23-54(45)66-55(49)34-53(48)65(52(44)32-38)56-24-9-10-31-61-56;/h5-31,33-36H,1-4H3;/q-2;+2. The van der Waals surface area contributed by atoms with Crippen LogP contribution < -0.4 is 4.98 Å². The molecule has 8 aromatic carbocycles. The summed E-state index contributed by atoms with van der Waals surface area (Å²) in [4.78, 5) is 15.7. The number of hydrogen-bond acceptors (Lipinski definition) is 3. The van der Waals surface area contributed by atoms with Crippen molar-refractivity contribution in [2.45, 2.75) is 39.5 Å². The smallest absolute Gasteiger partial charge is 0.656 e. The summed E-state index contributed by atoms with van der Waals surface area (Å²) in [7, 11) is 0. The Labute approximate surface area is 401 Å². The average Bonchev–Trinajstić information content (AvgIpc) is 4.12. The first-order valence-corrected chi connectivity index (χ1v) is 22.8. The number of hydrogen-bond donors (Lipinski definition) is 0. The maximum Gasteiger partial charge on any atom is 2.00 e. The minimum atomic E-state index is 0. The van der Waals surface area contributed by atoms with Crippen molar-refractivity contribution in [3.63, 3.8) is 0 Å². The Balaban J connectivity index is 0.00000468. The van der Waals surface area contributed by atoms with Crippen LogP contribution in [0.25, 0.3) is 122 Å². The van der Waals surface area contributed by atoms with Crippen molar-refractivity contribution in [2.75, 3.05) is 0 Å². The van der Waals surface area contributed by atoms with Crippen LogP contribution in [0.15, 0.2) is 180 Å². The second-order valence-electron chi connectivity index (χ2n) is 18.1. The number of pyridine rings is 1. The normalized spacial score (nSPS) is 12.0. The average molecular weight is 1050 g/mol. The molecule has 0 aliphatic rings. The summed E-state index contributed by atoms with van der Waals surface area (Å²) in [5.74, 6) is 2.43. The van der Waals surface area contributed by atoms with E-state index in [0.717, 1.165) is 111 Å². The Hall–Kier alpha value is -7.53. The summed E-state index contributed by atoms with van der Waals surface area (Å²) in [6.45, 7) is 9.14. The molecule has 0 amide bonds. The van der Waals surface area contributed by atoms with Crippen molar-refractivity contribution in [3.05, 3.63) is 193 Å². The second kappa shape index (κ2) is 15.8. The number of rotatable bonds is 7. The third-order valence-electron chi connectivity index (χ3n) is 13.5. The van der Waals surface area contributed by atoms with Crippen LogP contribution in [0.3, 0.4) is 0 Å². The molecule has 0 bridgehead atoms. The third-order valence-corrected chi connectivity index (χ3v) is 13.5. The van der Waals surface area contributed by atoms with Crippen LogP contribution in [0.5, 0.6) is 0 Å². The summed E-state index contributed by atoms with van der Waals surface area (Å²) < 4.78 is 10.9. The molecule has 0 N–H and O–H groups in total. The summed E-state index contributed by atoms with van der Waals surface area (Å²) >= 11 is 0. The van der Waals surface area contributed by atoms with Crippen LogP contribution in [0, 0.1) is 6.07 Å². The molecule has 13 aromatic rings. The number of imidazole rings is 1. The van der Waals surface area contributed by atoms with Crippen molar-refractivity contribution in [1.82, 2.24) is 24.1 Å². The Bertz CT molecular complexity index is 4030. The first-order chi connectivity index (χ1) is 32.4. The van der Waals surface area contributed by atoms with E-state index in [1.54, 1.807) is 0 Å². The van der Waals surface area contributed by atoms with Crippen LogP contribution in [-0.2, 0) is 21.1 Å². The number of para-hydroxylation sites is 4. The van der Waals surface area contributed by atoms with E-state index in [9.17, 15) is 0 Å². The fourth-order valence-corrected chi connectivity index (χ4v) is 10.4. The molecule has 0 aliphatic carbocycles. The van der Waals surface area contributed by atoms with Crippen molar-refractivity contribution in [1.29, 1.82) is 0 Å². The molecule has 0 spiro atoms. The van der Waals surface area contributed by atoms with Gasteiger partial charge < -0.3 is 14.0 Å². The first-order valence-electron chi connectivity index (χ1n) is 22.8. The van der Waals surface area contributed by atoms with Gasteiger partial charge >= 0.3 is 21.1 Å². The molecule has 0 atom stereocenters. The minimum Gasteiger partial charge on any atom is -0.656 e. The molecule has 0 unspecified atom stereocenters. The van der Waals surface area contributed by atoms with Crippen LogP contribution in [-0.4, -0.2) is 19.1 Å². The predicted molar refractivity (Wildman–Crippen MR) is 272 cm³/mol. The number of furan rings is 1. The molecule has 0 saturated heterocycles. The number of fused-ring (bicyclic) bond motifs is 10. The van der Waals surface area contributed by atoms with Crippen molar-refractivity contribution in [2.24, 2.45) is 0 Å². The summed E-state index contributed by atoms with van der Waals surface area (Å²) in [5.41, 5.74) is 16.7. The molecule has 0 fully saturated rings. The van der Waals surface area contributed by atoms with Crippen molar-refractivity contribution >= 4 is 76.6 Å². The van der Waals surface area contributed by atoms with Crippen molar-refractivity contribution < 1.29 is 25.5 Å². The van der Waals surface area contributed by atoms with Gasteiger partial charge in [-0.2, -0.15) is 0 Å². The summed E-state index contributed by atoms with van der Waals surface area (Å²) in [6, 6.07) is 64.2. The fourth-order valence-electron chi connectivity index (χ4n) is 10.4. The predicted octanol–water partition coefficient (Wildman–Crippen LogP) is 15.7. The number of nitrogens with zero attached hydrogens (tertiary/aromatic N) is 5. The maximum absolute atomic E-state index is 6.42. The topological polar surface area (TPSA) is 62.9 Å². The minimum absolute atomic E-state index is 0. The van der Waals surface area contributed by atoms with E-state index in [1.807, 2.05) is 30.5 Å². The molecule has 5 heterocycles. The largest absolute Gasteiger partial charge is 2.00 e. The van der Waals surface area contributed by atoms with Crippen molar-refractivity contribution in [3.8, 4) is 45.1 Å². The van der Waals surface area contributed by atoms with E-state index in [4.69, 9.17) is 19.4 Å². The summed E-state index contributed by atoms with van der Waals surface area (Å²) in [6.07, 6.45) is 1.84. The van der Waals surface area contributed by atoms with Gasteiger partial charge in [0.05, 0.1) is 11.0 Å². The second-order valence-corrected chi connectivity index (χ2v) is 18.1. The quantitative estimate of drug-likeness (QED) is 0.149. The summed E-state index contributed by atoms with van der Waals surface area (Å²) in [5, 5.41) is 6.65. The van der Waals surface area contributed by atoms with Gasteiger partial charge in [0.15, 0.2) is 0 Å². The van der Waals surface area contributed by atoms with E-state index in [2.05, 4.69) is 188 Å². The van der Waals surface area contributed by atoms with Gasteiger partial charge in [-0.1, -0.05) is 148 Å².